The maximum atomic E-state index is 13.1. The molecule has 0 bridgehead atoms. The number of amides is 1. The molecule has 0 aliphatic carbocycles. The molecule has 6 atom stereocenters. The second kappa shape index (κ2) is 9.46. The Morgan fingerprint density at radius 2 is 1.73 bits per heavy atom. The topological polar surface area (TPSA) is 57.2 Å². The van der Waals surface area contributed by atoms with Crippen molar-refractivity contribution in [1.29, 1.82) is 0 Å². The third-order valence-corrected chi connectivity index (χ3v) is 7.64. The molecule has 1 amide bonds. The standard InChI is InChI=1S/C26H28INO5/c1-26(2)32-22-19(27)21(31-25(22)33-26)20-23(30-16-18-12-7-4-8-13-18)24(29)28(20)15-9-14-17-10-5-3-6-11-17/h3-14,19-23,25H,15-16H2,1-2H3/b14-9+/t19-,20-,21+,22-,23+,25-/m1/s1. The Hall–Kier alpha value is -1.78. The number of ether oxygens (including phenoxy) is 4. The minimum atomic E-state index is -0.666. The van der Waals surface area contributed by atoms with Gasteiger partial charge in [-0.1, -0.05) is 95.4 Å². The lowest BCUT2D eigenvalue weighted by molar-refractivity contribution is -0.226. The summed E-state index contributed by atoms with van der Waals surface area (Å²) in [5.41, 5.74) is 2.14. The monoisotopic (exact) mass is 561 g/mol. The van der Waals surface area contributed by atoms with E-state index in [0.29, 0.717) is 13.2 Å². The van der Waals surface area contributed by atoms with Crippen LogP contribution in [0.2, 0.25) is 0 Å². The summed E-state index contributed by atoms with van der Waals surface area (Å²) in [7, 11) is 0. The van der Waals surface area contributed by atoms with E-state index in [0.717, 1.165) is 11.1 Å². The maximum absolute atomic E-state index is 13.1. The number of rotatable bonds is 7. The highest BCUT2D eigenvalue weighted by Crippen LogP contribution is 2.45. The van der Waals surface area contributed by atoms with Gasteiger partial charge in [0.2, 0.25) is 0 Å². The molecule has 7 heteroatoms. The highest BCUT2D eigenvalue weighted by atomic mass is 127. The molecule has 3 saturated heterocycles. The fourth-order valence-corrected chi connectivity index (χ4v) is 5.74. The molecular formula is C26H28INO5. The molecule has 0 unspecified atom stereocenters. The van der Waals surface area contributed by atoms with Crippen molar-refractivity contribution in [2.24, 2.45) is 0 Å². The van der Waals surface area contributed by atoms with Gasteiger partial charge in [0, 0.05) is 6.54 Å². The Balaban J connectivity index is 1.31. The Kier molecular flexibility index (Phi) is 6.59. The molecule has 33 heavy (non-hydrogen) atoms. The summed E-state index contributed by atoms with van der Waals surface area (Å²) in [6.07, 6.45) is 2.66. The van der Waals surface area contributed by atoms with Gasteiger partial charge in [0.05, 0.1) is 22.7 Å². The van der Waals surface area contributed by atoms with Crippen LogP contribution in [-0.4, -0.2) is 57.7 Å². The molecule has 3 aliphatic heterocycles. The summed E-state index contributed by atoms with van der Waals surface area (Å²) >= 11 is 2.37. The van der Waals surface area contributed by atoms with Crippen molar-refractivity contribution in [1.82, 2.24) is 4.90 Å². The summed E-state index contributed by atoms with van der Waals surface area (Å²) in [5, 5.41) is 0. The normalized spacial score (nSPS) is 32.8. The van der Waals surface area contributed by atoms with Crippen molar-refractivity contribution in [2.45, 2.75) is 60.8 Å². The van der Waals surface area contributed by atoms with Crippen LogP contribution in [0.4, 0.5) is 0 Å². The predicted octanol–water partition coefficient (Wildman–Crippen LogP) is 4.18. The quantitative estimate of drug-likeness (QED) is 0.289. The number of nitrogens with zero attached hydrogens (tertiary/aromatic N) is 1. The van der Waals surface area contributed by atoms with E-state index in [1.54, 1.807) is 0 Å². The minimum absolute atomic E-state index is 0.0138. The van der Waals surface area contributed by atoms with E-state index in [9.17, 15) is 4.79 Å². The summed E-state index contributed by atoms with van der Waals surface area (Å²) in [5.74, 6) is -0.680. The van der Waals surface area contributed by atoms with Crippen molar-refractivity contribution in [3.8, 4) is 0 Å². The van der Waals surface area contributed by atoms with Crippen LogP contribution in [0.1, 0.15) is 25.0 Å². The second-order valence-corrected chi connectivity index (χ2v) is 10.5. The molecule has 3 aliphatic rings. The highest BCUT2D eigenvalue weighted by Gasteiger charge is 2.62. The number of fused-ring (bicyclic) bond motifs is 1. The van der Waals surface area contributed by atoms with Crippen LogP contribution in [0.15, 0.2) is 66.7 Å². The molecule has 0 spiro atoms. The van der Waals surface area contributed by atoms with E-state index < -0.39 is 18.2 Å². The third kappa shape index (κ3) is 4.74. The molecule has 2 aromatic carbocycles. The maximum Gasteiger partial charge on any atom is 0.254 e. The number of carbonyl (C=O) groups excluding carboxylic acids is 1. The summed E-state index contributed by atoms with van der Waals surface area (Å²) in [4.78, 5) is 14.9. The van der Waals surface area contributed by atoms with Gasteiger partial charge in [0.15, 0.2) is 18.2 Å². The molecule has 0 saturated carbocycles. The van der Waals surface area contributed by atoms with Gasteiger partial charge >= 0.3 is 0 Å². The van der Waals surface area contributed by atoms with Crippen LogP contribution in [0.25, 0.3) is 6.08 Å². The SMILES string of the molecule is CC1(C)O[C@H]2O[C@H]([C@@H]3[C@H](OCc4ccccc4)C(=O)N3C/C=C/c3ccccc3)[C@@H](I)[C@H]2O1. The number of benzene rings is 2. The number of halogens is 1. The van der Waals surface area contributed by atoms with E-state index in [1.807, 2.05) is 91.6 Å². The van der Waals surface area contributed by atoms with Crippen molar-refractivity contribution < 1.29 is 23.7 Å². The van der Waals surface area contributed by atoms with E-state index >= 15 is 0 Å². The lowest BCUT2D eigenvalue weighted by Gasteiger charge is -2.49. The summed E-state index contributed by atoms with van der Waals surface area (Å²) in [6, 6.07) is 19.8. The first kappa shape index (κ1) is 23.0. The molecule has 6 nitrogen and oxygen atoms in total. The van der Waals surface area contributed by atoms with E-state index in [4.69, 9.17) is 18.9 Å². The van der Waals surface area contributed by atoms with Gasteiger partial charge in [-0.2, -0.15) is 0 Å². The first-order valence-corrected chi connectivity index (χ1v) is 12.5. The summed E-state index contributed by atoms with van der Waals surface area (Å²) in [6.45, 7) is 4.67. The number of hydrogen-bond donors (Lipinski definition) is 0. The molecule has 0 N–H and O–H groups in total. The van der Waals surface area contributed by atoms with Crippen molar-refractivity contribution >= 4 is 34.6 Å². The van der Waals surface area contributed by atoms with Crippen molar-refractivity contribution in [3.05, 3.63) is 77.9 Å². The zero-order valence-electron chi connectivity index (χ0n) is 18.7. The smallest absolute Gasteiger partial charge is 0.254 e. The number of alkyl halides is 1. The van der Waals surface area contributed by atoms with Gasteiger partial charge in [-0.15, -0.1) is 0 Å². The number of β-lactam (4-membered cyclic amide) rings is 1. The zero-order chi connectivity index (χ0) is 23.0. The average Bonchev–Trinajstić information content (AvgIpc) is 3.27. The van der Waals surface area contributed by atoms with Crippen LogP contribution in [0.3, 0.4) is 0 Å². The molecule has 2 aromatic rings. The van der Waals surface area contributed by atoms with E-state index in [-0.39, 0.29) is 28.1 Å². The lowest BCUT2D eigenvalue weighted by atomic mass is 9.90. The van der Waals surface area contributed by atoms with Crippen molar-refractivity contribution in [2.75, 3.05) is 6.54 Å². The molecular weight excluding hydrogens is 533 g/mol. The first-order chi connectivity index (χ1) is 15.9. The summed E-state index contributed by atoms with van der Waals surface area (Å²) < 4.78 is 24.5. The predicted molar refractivity (Wildman–Crippen MR) is 133 cm³/mol. The van der Waals surface area contributed by atoms with Gasteiger partial charge in [-0.3, -0.25) is 4.79 Å². The fourth-order valence-electron chi connectivity index (χ4n) is 4.66. The third-order valence-electron chi connectivity index (χ3n) is 6.22. The lowest BCUT2D eigenvalue weighted by Crippen LogP contribution is -2.70. The minimum Gasteiger partial charge on any atom is -0.361 e. The Labute approximate surface area is 208 Å². The van der Waals surface area contributed by atoms with E-state index in [2.05, 4.69) is 22.6 Å². The van der Waals surface area contributed by atoms with Crippen LogP contribution < -0.4 is 0 Å². The molecule has 5 rings (SSSR count). The fraction of sp³-hybridized carbons (Fsp3) is 0.423. The van der Waals surface area contributed by atoms with Gasteiger partial charge < -0.3 is 23.8 Å². The zero-order valence-corrected chi connectivity index (χ0v) is 20.8. The van der Waals surface area contributed by atoms with Crippen LogP contribution >= 0.6 is 22.6 Å². The van der Waals surface area contributed by atoms with Crippen LogP contribution in [-0.2, 0) is 30.3 Å². The molecule has 0 radical (unpaired) electrons. The van der Waals surface area contributed by atoms with Gasteiger partial charge in [-0.05, 0) is 25.0 Å². The Bertz CT molecular complexity index is 998. The molecule has 174 valence electrons. The second-order valence-electron chi connectivity index (χ2n) is 9.03. The van der Waals surface area contributed by atoms with Gasteiger partial charge in [0.1, 0.15) is 6.10 Å². The van der Waals surface area contributed by atoms with Gasteiger partial charge in [-0.25, -0.2) is 0 Å². The number of likely N-dealkylation sites (tertiary alicyclic amines) is 1. The first-order valence-electron chi connectivity index (χ1n) is 11.3. The highest BCUT2D eigenvalue weighted by molar-refractivity contribution is 14.1. The van der Waals surface area contributed by atoms with Crippen LogP contribution in [0, 0.1) is 0 Å². The molecule has 3 fully saturated rings. The Morgan fingerprint density at radius 3 is 2.42 bits per heavy atom. The average molecular weight is 561 g/mol. The Morgan fingerprint density at radius 1 is 1.03 bits per heavy atom. The largest absolute Gasteiger partial charge is 0.361 e. The van der Waals surface area contributed by atoms with E-state index in [1.165, 1.54) is 0 Å². The van der Waals surface area contributed by atoms with Gasteiger partial charge in [0.25, 0.3) is 5.91 Å². The van der Waals surface area contributed by atoms with Crippen molar-refractivity contribution in [3.63, 3.8) is 0 Å². The number of carbonyl (C=O) groups is 1. The number of hydrogen-bond acceptors (Lipinski definition) is 5. The van der Waals surface area contributed by atoms with Crippen LogP contribution in [0.5, 0.6) is 0 Å². The molecule has 0 aromatic heterocycles. The molecule has 3 heterocycles.